The van der Waals surface area contributed by atoms with Crippen LogP contribution in [0, 0.1) is 11.3 Å². The highest BCUT2D eigenvalue weighted by molar-refractivity contribution is 5.79. The molecule has 1 aromatic heterocycles. The van der Waals surface area contributed by atoms with E-state index >= 15 is 0 Å². The van der Waals surface area contributed by atoms with Gasteiger partial charge in [0.1, 0.15) is 18.2 Å². The molecule has 31 heavy (non-hydrogen) atoms. The monoisotopic (exact) mass is 413 g/mol. The molecular formula is C23H23N7O. The van der Waals surface area contributed by atoms with Gasteiger partial charge in [0.25, 0.3) is 0 Å². The summed E-state index contributed by atoms with van der Waals surface area (Å²) < 4.78 is 9.66. The standard InChI is InChI=1S/C23H23N7O/c24-13-18-5-6-20-12-17(18)4-2-1-3-11-31-30-9-7-29(8-10-30)23-21-19(14-25-20)15-26-22(21)27-16-28-23/h1-5,7,9,11-12,14,16,22,25-26H,6,8,10,15H2,(H,27,28). The zero-order chi connectivity index (χ0) is 21.0. The number of nitrogens with zero attached hydrogens (tertiary/aromatic N) is 4. The van der Waals surface area contributed by atoms with E-state index in [2.05, 4.69) is 31.2 Å². The quantitative estimate of drug-likeness (QED) is 0.603. The molecule has 1 atom stereocenters. The third kappa shape index (κ3) is 3.91. The molecule has 0 fully saturated rings. The lowest BCUT2D eigenvalue weighted by Gasteiger charge is -2.22. The Bertz CT molecular complexity index is 1230. The van der Waals surface area contributed by atoms with E-state index in [0.29, 0.717) is 12.0 Å². The minimum absolute atomic E-state index is 0.0634. The number of fused-ring (bicyclic) bond motifs is 8. The van der Waals surface area contributed by atoms with E-state index in [-0.39, 0.29) is 6.17 Å². The van der Waals surface area contributed by atoms with E-state index in [9.17, 15) is 5.26 Å². The van der Waals surface area contributed by atoms with Crippen molar-refractivity contribution in [2.45, 2.75) is 32.2 Å². The number of hydrogen-bond acceptors (Lipinski definition) is 5. The SMILES string of the molecule is N#CC1=CCc2cc1cccccon1ccn(c3c4c(c[nH]2)CNC4N=CN3)CC1. The molecule has 0 saturated carbocycles. The lowest BCUT2D eigenvalue weighted by molar-refractivity contribution is 0.237. The van der Waals surface area contributed by atoms with Crippen LogP contribution in [0.25, 0.3) is 5.57 Å². The molecule has 4 aliphatic heterocycles. The predicted molar refractivity (Wildman–Crippen MR) is 119 cm³/mol. The smallest absolute Gasteiger partial charge is 0.131 e. The number of rotatable bonds is 0. The van der Waals surface area contributed by atoms with Crippen LogP contribution in [0.2, 0.25) is 0 Å². The van der Waals surface area contributed by atoms with Gasteiger partial charge in [0.05, 0.1) is 30.7 Å². The summed E-state index contributed by atoms with van der Waals surface area (Å²) >= 11 is 0. The fraction of sp³-hybridized carbons (Fsp3) is 0.217. The van der Waals surface area contributed by atoms with Crippen LogP contribution in [0.3, 0.4) is 0 Å². The second kappa shape index (κ2) is 8.42. The van der Waals surface area contributed by atoms with Crippen molar-refractivity contribution in [3.63, 3.8) is 0 Å². The number of aliphatic imine (C=N–C) groups is 1. The van der Waals surface area contributed by atoms with Crippen LogP contribution >= 0.6 is 0 Å². The lowest BCUT2D eigenvalue weighted by atomic mass is 10.0. The Kier molecular flexibility index (Phi) is 5.17. The van der Waals surface area contributed by atoms with Gasteiger partial charge in [-0.25, -0.2) is 4.74 Å². The minimum Gasteiger partial charge on any atom is -0.388 e. The second-order valence-corrected chi connectivity index (χ2v) is 7.46. The topological polar surface area (TPSA) is 99.0 Å². The number of allylic oxidation sites excluding steroid dienone is 2. The molecule has 0 amide bonds. The molecule has 0 radical (unpaired) electrons. The Morgan fingerprint density at radius 2 is 2.16 bits per heavy atom. The van der Waals surface area contributed by atoms with Crippen molar-refractivity contribution < 1.29 is 4.52 Å². The largest absolute Gasteiger partial charge is 0.388 e. The van der Waals surface area contributed by atoms with Gasteiger partial charge in [0.15, 0.2) is 0 Å². The number of nitriles is 1. The van der Waals surface area contributed by atoms with Crippen molar-refractivity contribution in [1.82, 2.24) is 19.6 Å². The van der Waals surface area contributed by atoms with Gasteiger partial charge in [-0.05, 0) is 23.3 Å². The van der Waals surface area contributed by atoms with Crippen LogP contribution in [-0.2, 0) is 26.1 Å². The molecule has 0 saturated heterocycles. The van der Waals surface area contributed by atoms with Crippen LogP contribution < -0.4 is 10.6 Å². The Morgan fingerprint density at radius 1 is 1.19 bits per heavy atom. The van der Waals surface area contributed by atoms with Crippen molar-refractivity contribution in [2.24, 2.45) is 4.99 Å². The van der Waals surface area contributed by atoms with E-state index < -0.39 is 0 Å². The number of aryl methyl sites for hydroxylation is 2. The van der Waals surface area contributed by atoms with Gasteiger partial charge in [0, 0.05) is 43.2 Å². The molecule has 156 valence electrons. The summed E-state index contributed by atoms with van der Waals surface area (Å²) in [6.07, 6.45) is 11.9. The van der Waals surface area contributed by atoms with Crippen LogP contribution in [0.15, 0.2) is 70.8 Å². The third-order valence-electron chi connectivity index (χ3n) is 5.54. The summed E-state index contributed by atoms with van der Waals surface area (Å²) in [5.74, 6) is 1.03. The molecule has 8 nitrogen and oxygen atoms in total. The van der Waals surface area contributed by atoms with E-state index in [0.717, 1.165) is 47.8 Å². The number of nitrogens with one attached hydrogen (secondary N) is 3. The molecule has 1 aliphatic carbocycles. The molecule has 1 unspecified atom stereocenters. The number of aromatic nitrogens is 3. The molecule has 8 heteroatoms. The van der Waals surface area contributed by atoms with Crippen LogP contribution in [0.1, 0.15) is 28.6 Å². The first-order valence-corrected chi connectivity index (χ1v) is 10.3. The average Bonchev–Trinajstić information content (AvgIpc) is 3.23. The zero-order valence-corrected chi connectivity index (χ0v) is 17.0. The number of anilines is 1. The Hall–Kier alpha value is -3.96. The summed E-state index contributed by atoms with van der Waals surface area (Å²) in [5, 5.41) is 16.2. The molecule has 0 spiro atoms. The normalized spacial score (nSPS) is 17.6. The summed E-state index contributed by atoms with van der Waals surface area (Å²) in [4.78, 5) is 8.00. The van der Waals surface area contributed by atoms with Crippen molar-refractivity contribution in [1.29, 1.82) is 5.26 Å². The number of aromatic amines is 1. The van der Waals surface area contributed by atoms with Crippen LogP contribution in [0.4, 0.5) is 5.82 Å². The maximum absolute atomic E-state index is 9.45. The average molecular weight is 413 g/mol. The van der Waals surface area contributed by atoms with Crippen molar-refractivity contribution >= 4 is 17.7 Å². The van der Waals surface area contributed by atoms with E-state index in [1.165, 1.54) is 0 Å². The van der Waals surface area contributed by atoms with Gasteiger partial charge < -0.3 is 19.4 Å². The first-order chi connectivity index (χ1) is 15.3. The molecule has 1 aromatic rings. The van der Waals surface area contributed by atoms with Gasteiger partial charge in [0.2, 0.25) is 0 Å². The highest BCUT2D eigenvalue weighted by Crippen LogP contribution is 2.33. The second-order valence-electron chi connectivity index (χ2n) is 7.46. The zero-order valence-electron chi connectivity index (χ0n) is 17.0. The Morgan fingerprint density at radius 3 is 3.03 bits per heavy atom. The van der Waals surface area contributed by atoms with E-state index in [4.69, 9.17) is 4.52 Å². The molecule has 3 N–H and O–H groups in total. The Balaban J connectivity index is 1.76. The summed E-state index contributed by atoms with van der Waals surface area (Å²) in [6, 6.07) is 11.9. The van der Waals surface area contributed by atoms with Crippen molar-refractivity contribution in [3.05, 3.63) is 83.6 Å². The highest BCUT2D eigenvalue weighted by Gasteiger charge is 2.27. The fourth-order valence-corrected chi connectivity index (χ4v) is 3.95. The molecule has 5 heterocycles. The molecule has 5 aliphatic rings. The first kappa shape index (κ1) is 19.0. The van der Waals surface area contributed by atoms with Crippen molar-refractivity contribution in [3.8, 4) is 6.07 Å². The van der Waals surface area contributed by atoms with Crippen LogP contribution in [-0.4, -0.2) is 20.6 Å². The minimum atomic E-state index is -0.0634. The van der Waals surface area contributed by atoms with Gasteiger partial charge in [-0.2, -0.15) is 5.26 Å². The Labute approximate surface area is 179 Å². The van der Waals surface area contributed by atoms with Gasteiger partial charge in [-0.3, -0.25) is 10.3 Å². The number of H-pyrrole nitrogens is 1. The summed E-state index contributed by atoms with van der Waals surface area (Å²) in [6.45, 7) is 2.24. The van der Waals surface area contributed by atoms with E-state index in [1.54, 1.807) is 17.3 Å². The number of hydrogen-bond donors (Lipinski definition) is 3. The van der Waals surface area contributed by atoms with Gasteiger partial charge in [-0.15, -0.1) is 0 Å². The van der Waals surface area contributed by atoms with Crippen molar-refractivity contribution in [2.75, 3.05) is 5.32 Å². The maximum Gasteiger partial charge on any atom is 0.131 e. The highest BCUT2D eigenvalue weighted by atomic mass is 16.5. The summed E-state index contributed by atoms with van der Waals surface area (Å²) in [7, 11) is 0. The predicted octanol–water partition coefficient (Wildman–Crippen LogP) is 3.74. The van der Waals surface area contributed by atoms with E-state index in [1.807, 2.05) is 55.0 Å². The summed E-state index contributed by atoms with van der Waals surface area (Å²) in [5.41, 5.74) is 4.89. The van der Waals surface area contributed by atoms with Gasteiger partial charge in [-0.1, -0.05) is 24.3 Å². The first-order valence-electron chi connectivity index (χ1n) is 10.3. The third-order valence-corrected chi connectivity index (χ3v) is 5.54. The molecular weight excluding hydrogens is 390 g/mol. The van der Waals surface area contributed by atoms with Crippen LogP contribution in [0.5, 0.6) is 0 Å². The lowest BCUT2D eigenvalue weighted by Crippen LogP contribution is -2.21. The maximum atomic E-state index is 9.45. The molecule has 4 bridgehead atoms. The fourth-order valence-electron chi connectivity index (χ4n) is 3.95. The molecule has 6 rings (SSSR count). The van der Waals surface area contributed by atoms with Gasteiger partial charge >= 0.3 is 0 Å². The molecule has 0 aromatic carbocycles.